The number of carbonyl (C=O) groups excluding carboxylic acids is 1. The maximum atomic E-state index is 12.1. The molecule has 0 aromatic rings. The van der Waals surface area contributed by atoms with Crippen molar-refractivity contribution in [1.29, 1.82) is 0 Å². The van der Waals surface area contributed by atoms with Crippen LogP contribution in [0.25, 0.3) is 0 Å². The molecule has 0 aromatic heterocycles. The van der Waals surface area contributed by atoms with Crippen molar-refractivity contribution in [3.8, 4) is 0 Å². The summed E-state index contributed by atoms with van der Waals surface area (Å²) in [6.45, 7) is 5.36. The van der Waals surface area contributed by atoms with Crippen LogP contribution in [0, 0.1) is 40.9 Å². The molecule has 1 N–H and O–H groups in total. The van der Waals surface area contributed by atoms with Gasteiger partial charge in [-0.1, -0.05) is 6.92 Å². The highest BCUT2D eigenvalue weighted by Gasteiger charge is 2.57. The highest BCUT2D eigenvalue weighted by Crippen LogP contribution is 2.65. The smallest absolute Gasteiger partial charge is 0.306 e. The predicted octanol–water partition coefficient (Wildman–Crippen LogP) is 4.59. The Kier molecular flexibility index (Phi) is 5.83. The maximum Gasteiger partial charge on any atom is 0.306 e. The highest BCUT2D eigenvalue weighted by molar-refractivity contribution is 5.69. The number of fused-ring (bicyclic) bond motifs is 5. The normalized spacial score (nSPS) is 47.7. The number of esters is 1. The van der Waals surface area contributed by atoms with Gasteiger partial charge in [0, 0.05) is 13.5 Å². The molecule has 0 aliphatic heterocycles. The molecule has 0 amide bonds. The molecule has 4 nitrogen and oxygen atoms in total. The number of aliphatic hydroxyl groups is 1. The van der Waals surface area contributed by atoms with Crippen LogP contribution >= 0.6 is 0 Å². The monoisotopic (exact) mass is 392 g/mol. The van der Waals surface area contributed by atoms with Gasteiger partial charge in [-0.25, -0.2) is 0 Å². The van der Waals surface area contributed by atoms with Crippen LogP contribution in [0.1, 0.15) is 78.1 Å². The summed E-state index contributed by atoms with van der Waals surface area (Å²) in [5, 5.41) is 10.9. The predicted molar refractivity (Wildman–Crippen MR) is 109 cm³/mol. The summed E-state index contributed by atoms with van der Waals surface area (Å²) < 4.78 is 10.6. The molecule has 0 saturated heterocycles. The van der Waals surface area contributed by atoms with Gasteiger partial charge in [0.15, 0.2) is 0 Å². The van der Waals surface area contributed by atoms with Crippen LogP contribution in [0.2, 0.25) is 0 Å². The van der Waals surface area contributed by atoms with E-state index < -0.39 is 5.60 Å². The Bertz CT molecular complexity index is 577. The summed E-state index contributed by atoms with van der Waals surface area (Å²) in [4.78, 5) is 12.1. The zero-order valence-corrected chi connectivity index (χ0v) is 18.1. The Morgan fingerprint density at radius 2 is 1.82 bits per heavy atom. The third-order valence-corrected chi connectivity index (χ3v) is 9.43. The molecule has 0 heterocycles. The molecular weight excluding hydrogens is 352 g/mol. The highest BCUT2D eigenvalue weighted by atomic mass is 16.5. The van der Waals surface area contributed by atoms with Crippen LogP contribution in [-0.2, 0) is 14.3 Å². The molecular formula is C24H40O4. The topological polar surface area (TPSA) is 55.8 Å². The Balaban J connectivity index is 1.44. The van der Waals surface area contributed by atoms with Gasteiger partial charge in [-0.15, -0.1) is 0 Å². The molecule has 0 aromatic carbocycles. The summed E-state index contributed by atoms with van der Waals surface area (Å²) in [5.41, 5.74) is -0.268. The molecule has 28 heavy (non-hydrogen) atoms. The Morgan fingerprint density at radius 3 is 2.57 bits per heavy atom. The molecule has 4 rings (SSSR count). The quantitative estimate of drug-likeness (QED) is 0.696. The SMILES string of the molecule is CCOC(=O)C[C@H]1CC[C@H]2[C@@H]3CC[C@H]4C[C@@](O)(COC)CC[C@@H]4[C@H]3CC[C@]12C. The summed E-state index contributed by atoms with van der Waals surface area (Å²) >= 11 is 0. The Labute approximate surface area is 170 Å². The lowest BCUT2D eigenvalue weighted by Crippen LogP contribution is -2.52. The third-order valence-electron chi connectivity index (χ3n) is 9.43. The van der Waals surface area contributed by atoms with Crippen molar-refractivity contribution < 1.29 is 19.4 Å². The minimum atomic E-state index is -0.593. The molecule has 4 aliphatic carbocycles. The number of hydrogen-bond acceptors (Lipinski definition) is 4. The second-order valence-corrected chi connectivity index (χ2v) is 10.7. The summed E-state index contributed by atoms with van der Waals surface area (Å²) in [7, 11) is 1.70. The van der Waals surface area contributed by atoms with E-state index in [1.54, 1.807) is 7.11 Å². The molecule has 160 valence electrons. The van der Waals surface area contributed by atoms with Crippen molar-refractivity contribution in [3.05, 3.63) is 0 Å². The van der Waals surface area contributed by atoms with E-state index in [1.807, 2.05) is 6.92 Å². The summed E-state index contributed by atoms with van der Waals surface area (Å²) in [6, 6.07) is 0. The fraction of sp³-hybridized carbons (Fsp3) is 0.958. The number of methoxy groups -OCH3 is 1. The van der Waals surface area contributed by atoms with Crippen LogP contribution in [0.4, 0.5) is 0 Å². The zero-order chi connectivity index (χ0) is 19.9. The molecule has 8 atom stereocenters. The number of hydrogen-bond donors (Lipinski definition) is 1. The molecule has 4 aliphatic rings. The summed E-state index contributed by atoms with van der Waals surface area (Å²) in [6.07, 6.45) is 11.3. The molecule has 4 heteroatoms. The van der Waals surface area contributed by atoms with Crippen molar-refractivity contribution in [2.24, 2.45) is 40.9 Å². The first-order chi connectivity index (χ1) is 13.4. The number of rotatable bonds is 5. The van der Waals surface area contributed by atoms with Gasteiger partial charge in [0.1, 0.15) is 0 Å². The van der Waals surface area contributed by atoms with E-state index in [0.717, 1.165) is 36.5 Å². The first kappa shape index (κ1) is 20.7. The van der Waals surface area contributed by atoms with Crippen molar-refractivity contribution in [2.75, 3.05) is 20.3 Å². The van der Waals surface area contributed by atoms with E-state index in [4.69, 9.17) is 9.47 Å². The molecule has 0 bridgehead atoms. The van der Waals surface area contributed by atoms with E-state index in [0.29, 0.717) is 36.9 Å². The second kappa shape index (κ2) is 7.91. The third kappa shape index (κ3) is 3.53. The molecule has 4 saturated carbocycles. The summed E-state index contributed by atoms with van der Waals surface area (Å²) in [5.74, 6) is 4.44. The van der Waals surface area contributed by atoms with E-state index in [9.17, 15) is 9.90 Å². The van der Waals surface area contributed by atoms with Crippen LogP contribution in [-0.4, -0.2) is 37.0 Å². The van der Waals surface area contributed by atoms with Crippen LogP contribution in [0.3, 0.4) is 0 Å². The Hall–Kier alpha value is -0.610. The lowest BCUT2D eigenvalue weighted by atomic mass is 9.49. The van der Waals surface area contributed by atoms with Crippen molar-refractivity contribution >= 4 is 5.97 Å². The van der Waals surface area contributed by atoms with E-state index in [1.165, 1.54) is 44.9 Å². The van der Waals surface area contributed by atoms with Crippen molar-refractivity contribution in [1.82, 2.24) is 0 Å². The maximum absolute atomic E-state index is 12.1. The van der Waals surface area contributed by atoms with E-state index in [2.05, 4.69) is 6.92 Å². The largest absolute Gasteiger partial charge is 0.466 e. The minimum Gasteiger partial charge on any atom is -0.466 e. The average Bonchev–Trinajstić information content (AvgIpc) is 2.98. The van der Waals surface area contributed by atoms with Gasteiger partial charge in [0.25, 0.3) is 0 Å². The standard InChI is InChI=1S/C24H40O4/c1-4-28-22(25)13-17-6-8-21-20-7-5-16-14-24(26,15-27-3)12-10-18(16)19(20)9-11-23(17,21)2/h16-21,26H,4-15H2,1-3H3/t16-,17+,18-,19+,20+,21-,23+,24+/m0/s1. The van der Waals surface area contributed by atoms with Gasteiger partial charge in [0.2, 0.25) is 0 Å². The van der Waals surface area contributed by atoms with Crippen LogP contribution in [0.15, 0.2) is 0 Å². The average molecular weight is 393 g/mol. The Morgan fingerprint density at radius 1 is 1.04 bits per heavy atom. The van der Waals surface area contributed by atoms with Gasteiger partial charge < -0.3 is 14.6 Å². The first-order valence-electron chi connectivity index (χ1n) is 11.8. The van der Waals surface area contributed by atoms with Crippen LogP contribution in [0.5, 0.6) is 0 Å². The van der Waals surface area contributed by atoms with E-state index in [-0.39, 0.29) is 5.97 Å². The van der Waals surface area contributed by atoms with Gasteiger partial charge in [0.05, 0.1) is 18.8 Å². The van der Waals surface area contributed by atoms with Crippen molar-refractivity contribution in [2.45, 2.75) is 83.7 Å². The van der Waals surface area contributed by atoms with Gasteiger partial charge >= 0.3 is 5.97 Å². The number of carbonyl (C=O) groups is 1. The molecule has 4 fully saturated rings. The second-order valence-electron chi connectivity index (χ2n) is 10.7. The fourth-order valence-corrected chi connectivity index (χ4v) is 8.23. The number of ether oxygens (including phenoxy) is 2. The molecule has 0 unspecified atom stereocenters. The molecule has 0 spiro atoms. The van der Waals surface area contributed by atoms with E-state index >= 15 is 0 Å². The lowest BCUT2D eigenvalue weighted by Gasteiger charge is -2.57. The van der Waals surface area contributed by atoms with Crippen LogP contribution < -0.4 is 0 Å². The van der Waals surface area contributed by atoms with Crippen molar-refractivity contribution in [3.63, 3.8) is 0 Å². The van der Waals surface area contributed by atoms with Gasteiger partial charge in [-0.05, 0) is 106 Å². The zero-order valence-electron chi connectivity index (χ0n) is 18.1. The fourth-order valence-electron chi connectivity index (χ4n) is 8.23. The lowest BCUT2D eigenvalue weighted by molar-refractivity contribution is -0.147. The van der Waals surface area contributed by atoms with Gasteiger partial charge in [-0.3, -0.25) is 4.79 Å². The van der Waals surface area contributed by atoms with Gasteiger partial charge in [-0.2, -0.15) is 0 Å². The molecule has 0 radical (unpaired) electrons. The first-order valence-corrected chi connectivity index (χ1v) is 11.8. The minimum absolute atomic E-state index is 0.00455.